The number of nitrogens with zero attached hydrogens (tertiary/aromatic N) is 4. The molecule has 4 heteroatoms. The van der Waals surface area contributed by atoms with Gasteiger partial charge in [-0.25, -0.2) is 19.9 Å². The number of fused-ring (bicyclic) bond motifs is 5. The fourth-order valence-corrected chi connectivity index (χ4v) is 7.25. The number of benzene rings is 6. The summed E-state index contributed by atoms with van der Waals surface area (Å²) in [5, 5.41) is 4.28. The minimum atomic E-state index is -0.227. The fraction of sp³-hybridized carbons (Fsp3) is 0.0698. The zero-order chi connectivity index (χ0) is 31.5. The first-order valence-electron chi connectivity index (χ1n) is 16.0. The molecule has 222 valence electrons. The maximum atomic E-state index is 5.36. The lowest BCUT2D eigenvalue weighted by atomic mass is 9.85. The van der Waals surface area contributed by atoms with Gasteiger partial charge in [0.2, 0.25) is 0 Å². The van der Waals surface area contributed by atoms with E-state index < -0.39 is 0 Å². The molecule has 0 bridgehead atoms. The summed E-state index contributed by atoms with van der Waals surface area (Å²) in [7, 11) is 0. The van der Waals surface area contributed by atoms with E-state index in [1.54, 1.807) is 0 Å². The van der Waals surface area contributed by atoms with E-state index in [1.807, 2.05) is 18.3 Å². The molecule has 1 aliphatic rings. The molecule has 0 atom stereocenters. The van der Waals surface area contributed by atoms with E-state index in [2.05, 4.69) is 141 Å². The number of rotatable bonds is 4. The van der Waals surface area contributed by atoms with Crippen LogP contribution in [0.4, 0.5) is 0 Å². The molecule has 2 heterocycles. The third-order valence-corrected chi connectivity index (χ3v) is 9.52. The zero-order valence-corrected chi connectivity index (χ0v) is 26.1. The average Bonchev–Trinajstić information content (AvgIpc) is 3.36. The van der Waals surface area contributed by atoms with Gasteiger partial charge in [-0.2, -0.15) is 0 Å². The van der Waals surface area contributed by atoms with Gasteiger partial charge in [0.15, 0.2) is 11.6 Å². The highest BCUT2D eigenvalue weighted by Crippen LogP contribution is 2.49. The van der Waals surface area contributed by atoms with Gasteiger partial charge >= 0.3 is 0 Å². The monoisotopic (exact) mass is 602 g/mol. The molecule has 0 N–H and O–H groups in total. The smallest absolute Gasteiger partial charge is 0.161 e. The summed E-state index contributed by atoms with van der Waals surface area (Å²) in [4.78, 5) is 20.9. The van der Waals surface area contributed by atoms with Crippen molar-refractivity contribution in [1.29, 1.82) is 0 Å². The molecule has 6 aromatic carbocycles. The summed E-state index contributed by atoms with van der Waals surface area (Å²) in [6.07, 6.45) is 2.02. The van der Waals surface area contributed by atoms with Crippen LogP contribution in [0, 0.1) is 0 Å². The SMILES string of the molecule is CC1(C)c2ccccc2-c2cnc(-c3c4ccccc4c(-c4nc(-c5ccccc5)cc(-c5ccccc5)n4)c4ccccc34)nc21. The van der Waals surface area contributed by atoms with Crippen molar-refractivity contribution in [2.24, 2.45) is 0 Å². The average molecular weight is 603 g/mol. The lowest BCUT2D eigenvalue weighted by Gasteiger charge is -2.21. The zero-order valence-electron chi connectivity index (χ0n) is 26.1. The van der Waals surface area contributed by atoms with Crippen LogP contribution in [0.15, 0.2) is 146 Å². The van der Waals surface area contributed by atoms with Crippen LogP contribution in [0.1, 0.15) is 25.1 Å². The van der Waals surface area contributed by atoms with E-state index in [9.17, 15) is 0 Å². The topological polar surface area (TPSA) is 51.6 Å². The van der Waals surface area contributed by atoms with Gasteiger partial charge in [0.05, 0.1) is 17.1 Å². The van der Waals surface area contributed by atoms with E-state index in [-0.39, 0.29) is 5.41 Å². The molecule has 0 fully saturated rings. The van der Waals surface area contributed by atoms with E-state index >= 15 is 0 Å². The lowest BCUT2D eigenvalue weighted by molar-refractivity contribution is 0.636. The predicted octanol–water partition coefficient (Wildman–Crippen LogP) is 10.5. The van der Waals surface area contributed by atoms with Gasteiger partial charge < -0.3 is 0 Å². The summed E-state index contributed by atoms with van der Waals surface area (Å²) in [5.41, 5.74) is 10.3. The van der Waals surface area contributed by atoms with Gasteiger partial charge in [0.1, 0.15) is 0 Å². The van der Waals surface area contributed by atoms with Crippen molar-refractivity contribution < 1.29 is 0 Å². The van der Waals surface area contributed by atoms with Crippen LogP contribution in [-0.2, 0) is 5.41 Å². The molecule has 0 spiro atoms. The second-order valence-electron chi connectivity index (χ2n) is 12.7. The Kier molecular flexibility index (Phi) is 6.12. The Balaban J connectivity index is 1.33. The van der Waals surface area contributed by atoms with Gasteiger partial charge in [0.25, 0.3) is 0 Å². The van der Waals surface area contributed by atoms with Crippen molar-refractivity contribution in [3.63, 3.8) is 0 Å². The van der Waals surface area contributed by atoms with Gasteiger partial charge in [0, 0.05) is 39.4 Å². The molecule has 0 saturated carbocycles. The minimum Gasteiger partial charge on any atom is -0.236 e. The van der Waals surface area contributed by atoms with Crippen LogP contribution >= 0.6 is 0 Å². The molecular formula is C43H30N4. The quantitative estimate of drug-likeness (QED) is 0.188. The van der Waals surface area contributed by atoms with Gasteiger partial charge in [-0.3, -0.25) is 0 Å². The van der Waals surface area contributed by atoms with Crippen molar-refractivity contribution in [3.8, 4) is 56.4 Å². The maximum absolute atomic E-state index is 5.36. The van der Waals surface area contributed by atoms with Crippen molar-refractivity contribution in [3.05, 3.63) is 157 Å². The third-order valence-electron chi connectivity index (χ3n) is 9.52. The van der Waals surface area contributed by atoms with Gasteiger partial charge in [-0.05, 0) is 38.7 Å². The van der Waals surface area contributed by atoms with E-state index in [1.165, 1.54) is 11.1 Å². The highest BCUT2D eigenvalue weighted by atomic mass is 14.9. The molecule has 0 aliphatic heterocycles. The van der Waals surface area contributed by atoms with Gasteiger partial charge in [-0.1, -0.05) is 147 Å². The van der Waals surface area contributed by atoms with E-state index in [4.69, 9.17) is 19.9 Å². The largest absolute Gasteiger partial charge is 0.236 e. The van der Waals surface area contributed by atoms with Crippen LogP contribution in [-0.4, -0.2) is 19.9 Å². The second-order valence-corrected chi connectivity index (χ2v) is 12.7. The molecule has 0 amide bonds. The molecule has 4 nitrogen and oxygen atoms in total. The Labute approximate surface area is 273 Å². The van der Waals surface area contributed by atoms with E-state index in [0.29, 0.717) is 5.82 Å². The van der Waals surface area contributed by atoms with Crippen LogP contribution in [0.3, 0.4) is 0 Å². The molecular weight excluding hydrogens is 573 g/mol. The van der Waals surface area contributed by atoms with Crippen LogP contribution in [0.25, 0.3) is 78.0 Å². The maximum Gasteiger partial charge on any atom is 0.161 e. The Morgan fingerprint density at radius 3 is 1.47 bits per heavy atom. The van der Waals surface area contributed by atoms with Crippen LogP contribution in [0.2, 0.25) is 0 Å². The highest BCUT2D eigenvalue weighted by Gasteiger charge is 2.37. The number of hydrogen-bond donors (Lipinski definition) is 0. The fourth-order valence-electron chi connectivity index (χ4n) is 7.25. The normalized spacial score (nSPS) is 13.1. The summed E-state index contributed by atoms with van der Waals surface area (Å²) in [6.45, 7) is 4.52. The number of aromatic nitrogens is 4. The number of hydrogen-bond acceptors (Lipinski definition) is 4. The molecule has 2 aromatic heterocycles. The molecule has 0 unspecified atom stereocenters. The van der Waals surface area contributed by atoms with E-state index in [0.717, 1.165) is 72.3 Å². The standard InChI is InChI=1S/C43H30N4/c1-43(2)35-24-14-13-19-29(35)34-26-44-41(47-40(34)43)38-30-20-9-11-22-32(30)39(33-23-12-10-21-31(33)38)42-45-36(27-15-5-3-6-16-27)25-37(46-42)28-17-7-4-8-18-28/h3-26H,1-2H3. The Bertz CT molecular complexity index is 2370. The highest BCUT2D eigenvalue weighted by molar-refractivity contribution is 6.20. The lowest BCUT2D eigenvalue weighted by Crippen LogP contribution is -2.17. The molecule has 0 radical (unpaired) electrons. The van der Waals surface area contributed by atoms with Gasteiger partial charge in [-0.15, -0.1) is 0 Å². The summed E-state index contributed by atoms with van der Waals surface area (Å²) >= 11 is 0. The second kappa shape index (κ2) is 10.5. The van der Waals surface area contributed by atoms with Crippen molar-refractivity contribution in [1.82, 2.24) is 19.9 Å². The first-order chi connectivity index (χ1) is 23.1. The molecule has 0 saturated heterocycles. The molecule has 1 aliphatic carbocycles. The summed E-state index contributed by atoms with van der Waals surface area (Å²) < 4.78 is 0. The molecule has 9 rings (SSSR count). The van der Waals surface area contributed by atoms with Crippen molar-refractivity contribution in [2.45, 2.75) is 19.3 Å². The molecule has 47 heavy (non-hydrogen) atoms. The Morgan fingerprint density at radius 2 is 0.915 bits per heavy atom. The van der Waals surface area contributed by atoms with Crippen molar-refractivity contribution in [2.75, 3.05) is 0 Å². The first kappa shape index (κ1) is 27.3. The third kappa shape index (κ3) is 4.29. The molecule has 8 aromatic rings. The Hall–Kier alpha value is -6.00. The minimum absolute atomic E-state index is 0.227. The van der Waals surface area contributed by atoms with Crippen LogP contribution in [0.5, 0.6) is 0 Å². The predicted molar refractivity (Wildman–Crippen MR) is 192 cm³/mol. The summed E-state index contributed by atoms with van der Waals surface area (Å²) in [6, 6.07) is 48.4. The van der Waals surface area contributed by atoms with Crippen molar-refractivity contribution >= 4 is 21.5 Å². The summed E-state index contributed by atoms with van der Waals surface area (Å²) in [5.74, 6) is 1.42. The van der Waals surface area contributed by atoms with Crippen LogP contribution < -0.4 is 0 Å². The Morgan fingerprint density at radius 1 is 0.447 bits per heavy atom. The first-order valence-corrected chi connectivity index (χ1v) is 16.0.